The maximum Gasteiger partial charge on any atom is 0.134 e. The van der Waals surface area contributed by atoms with Crippen molar-refractivity contribution in [2.24, 2.45) is 0 Å². The molecule has 1 aromatic heterocycles. The number of hydrogen-bond acceptors (Lipinski definition) is 2. The van der Waals surface area contributed by atoms with Crippen LogP contribution in [0.3, 0.4) is 0 Å². The van der Waals surface area contributed by atoms with Crippen LogP contribution in [0.1, 0.15) is 17.4 Å². The molecule has 0 bridgehead atoms. The van der Waals surface area contributed by atoms with Gasteiger partial charge in [0.15, 0.2) is 0 Å². The van der Waals surface area contributed by atoms with Crippen LogP contribution in [0.5, 0.6) is 5.75 Å². The number of alkyl halides is 1. The first kappa shape index (κ1) is 11.5. The molecular formula is C13H13ClOS. The van der Waals surface area contributed by atoms with Crippen molar-refractivity contribution in [1.82, 2.24) is 0 Å². The highest BCUT2D eigenvalue weighted by molar-refractivity contribution is 7.10. The van der Waals surface area contributed by atoms with Crippen molar-refractivity contribution in [2.75, 3.05) is 5.88 Å². The van der Waals surface area contributed by atoms with Crippen LogP contribution in [0, 0.1) is 0 Å². The van der Waals surface area contributed by atoms with Gasteiger partial charge in [-0.3, -0.25) is 0 Å². The number of rotatable bonds is 5. The first-order valence-electron chi connectivity index (χ1n) is 5.21. The molecule has 1 unspecified atom stereocenters. The van der Waals surface area contributed by atoms with Crippen molar-refractivity contribution in [3.8, 4) is 5.75 Å². The number of thiophene rings is 1. The van der Waals surface area contributed by atoms with Crippen molar-refractivity contribution in [2.45, 2.75) is 12.5 Å². The lowest BCUT2D eigenvalue weighted by atomic mass is 10.2. The fraction of sp³-hybridized carbons (Fsp3) is 0.231. The van der Waals surface area contributed by atoms with Gasteiger partial charge in [-0.05, 0) is 23.6 Å². The van der Waals surface area contributed by atoms with E-state index in [-0.39, 0.29) is 6.10 Å². The second-order valence-electron chi connectivity index (χ2n) is 3.41. The Hall–Kier alpha value is -0.990. The standard InChI is InChI=1S/C13H13ClOS/c14-9-8-12(13-7-4-10-16-13)15-11-5-2-1-3-6-11/h1-7,10,12H,8-9H2. The molecule has 3 heteroatoms. The van der Waals surface area contributed by atoms with E-state index in [9.17, 15) is 0 Å². The largest absolute Gasteiger partial charge is 0.485 e. The van der Waals surface area contributed by atoms with Crippen molar-refractivity contribution in [3.63, 3.8) is 0 Å². The second-order valence-corrected chi connectivity index (χ2v) is 4.77. The van der Waals surface area contributed by atoms with Crippen LogP contribution in [0.25, 0.3) is 0 Å². The van der Waals surface area contributed by atoms with Crippen molar-refractivity contribution in [3.05, 3.63) is 52.7 Å². The number of ether oxygens (including phenoxy) is 1. The summed E-state index contributed by atoms with van der Waals surface area (Å²) in [4.78, 5) is 1.23. The van der Waals surface area contributed by atoms with Crippen LogP contribution < -0.4 is 4.74 Å². The van der Waals surface area contributed by atoms with E-state index in [0.717, 1.165) is 12.2 Å². The van der Waals surface area contributed by atoms with Gasteiger partial charge in [-0.2, -0.15) is 0 Å². The minimum Gasteiger partial charge on any atom is -0.485 e. The second kappa shape index (κ2) is 5.92. The van der Waals surface area contributed by atoms with E-state index >= 15 is 0 Å². The Morgan fingerprint density at radius 3 is 2.56 bits per heavy atom. The molecule has 84 valence electrons. The summed E-state index contributed by atoms with van der Waals surface area (Å²) in [6, 6.07) is 14.0. The third-order valence-electron chi connectivity index (χ3n) is 2.25. The first-order chi connectivity index (χ1) is 7.90. The summed E-state index contributed by atoms with van der Waals surface area (Å²) in [6.45, 7) is 0. The van der Waals surface area contributed by atoms with Gasteiger partial charge < -0.3 is 4.74 Å². The van der Waals surface area contributed by atoms with Gasteiger partial charge in [0.05, 0.1) is 0 Å². The Bertz CT molecular complexity index is 399. The first-order valence-corrected chi connectivity index (χ1v) is 6.62. The topological polar surface area (TPSA) is 9.23 Å². The van der Waals surface area contributed by atoms with Gasteiger partial charge in [-0.15, -0.1) is 22.9 Å². The summed E-state index contributed by atoms with van der Waals surface area (Å²) in [6.07, 6.45) is 0.900. The van der Waals surface area contributed by atoms with Crippen molar-refractivity contribution < 1.29 is 4.74 Å². The molecule has 1 heterocycles. The molecule has 0 aliphatic carbocycles. The van der Waals surface area contributed by atoms with Gasteiger partial charge in [0.25, 0.3) is 0 Å². The predicted molar refractivity (Wildman–Crippen MR) is 69.5 cm³/mol. The zero-order valence-electron chi connectivity index (χ0n) is 8.80. The lowest BCUT2D eigenvalue weighted by molar-refractivity contribution is 0.206. The highest BCUT2D eigenvalue weighted by Crippen LogP contribution is 2.28. The summed E-state index contributed by atoms with van der Waals surface area (Å²) in [5.74, 6) is 1.50. The van der Waals surface area contributed by atoms with E-state index in [1.807, 2.05) is 36.4 Å². The molecule has 0 saturated carbocycles. The molecule has 1 aromatic carbocycles. The van der Waals surface area contributed by atoms with Crippen molar-refractivity contribution in [1.29, 1.82) is 0 Å². The number of benzene rings is 1. The zero-order chi connectivity index (χ0) is 11.2. The van der Waals surface area contributed by atoms with Crippen LogP contribution in [0.2, 0.25) is 0 Å². The third kappa shape index (κ3) is 3.00. The van der Waals surface area contributed by atoms with Crippen LogP contribution in [-0.4, -0.2) is 5.88 Å². The maximum absolute atomic E-state index is 5.93. The Balaban J connectivity index is 2.09. The molecule has 1 atom stereocenters. The molecule has 0 amide bonds. The molecule has 16 heavy (non-hydrogen) atoms. The average Bonchev–Trinajstić information content (AvgIpc) is 2.83. The molecule has 0 saturated heterocycles. The van der Waals surface area contributed by atoms with E-state index in [1.165, 1.54) is 4.88 Å². The predicted octanol–water partition coefficient (Wildman–Crippen LogP) is 4.50. The third-order valence-corrected chi connectivity index (χ3v) is 3.44. The van der Waals surface area contributed by atoms with Crippen LogP contribution in [0.4, 0.5) is 0 Å². The van der Waals surface area contributed by atoms with E-state index in [1.54, 1.807) is 11.3 Å². The molecule has 0 N–H and O–H groups in total. The SMILES string of the molecule is ClCCC(Oc1ccccc1)c1cccs1. The van der Waals surface area contributed by atoms with Crippen LogP contribution in [-0.2, 0) is 0 Å². The summed E-state index contributed by atoms with van der Waals surface area (Å²) in [7, 11) is 0. The summed E-state index contributed by atoms with van der Waals surface area (Å²) < 4.78 is 5.93. The summed E-state index contributed by atoms with van der Waals surface area (Å²) in [5.41, 5.74) is 0. The molecule has 2 aromatic rings. The monoisotopic (exact) mass is 252 g/mol. The van der Waals surface area contributed by atoms with Gasteiger partial charge >= 0.3 is 0 Å². The van der Waals surface area contributed by atoms with Gasteiger partial charge in [0.1, 0.15) is 11.9 Å². The smallest absolute Gasteiger partial charge is 0.134 e. The maximum atomic E-state index is 5.93. The van der Waals surface area contributed by atoms with E-state index < -0.39 is 0 Å². The molecule has 0 aliphatic rings. The Morgan fingerprint density at radius 2 is 1.94 bits per heavy atom. The molecule has 2 rings (SSSR count). The zero-order valence-corrected chi connectivity index (χ0v) is 10.4. The average molecular weight is 253 g/mol. The minimum absolute atomic E-state index is 0.0694. The van der Waals surface area contributed by atoms with E-state index in [2.05, 4.69) is 11.4 Å². The quantitative estimate of drug-likeness (QED) is 0.712. The lowest BCUT2D eigenvalue weighted by Crippen LogP contribution is -2.06. The number of para-hydroxylation sites is 1. The summed E-state index contributed by atoms with van der Waals surface area (Å²) >= 11 is 7.51. The molecule has 0 aliphatic heterocycles. The van der Waals surface area contributed by atoms with Crippen molar-refractivity contribution >= 4 is 22.9 Å². The van der Waals surface area contributed by atoms with Gasteiger partial charge in [-0.25, -0.2) is 0 Å². The Morgan fingerprint density at radius 1 is 1.12 bits per heavy atom. The van der Waals surface area contributed by atoms with Crippen LogP contribution >= 0.6 is 22.9 Å². The molecule has 0 fully saturated rings. The Kier molecular flexibility index (Phi) is 4.25. The minimum atomic E-state index is 0.0694. The molecule has 0 radical (unpaired) electrons. The van der Waals surface area contributed by atoms with Gasteiger partial charge in [0.2, 0.25) is 0 Å². The number of halogens is 1. The highest BCUT2D eigenvalue weighted by atomic mass is 35.5. The van der Waals surface area contributed by atoms with E-state index in [4.69, 9.17) is 16.3 Å². The fourth-order valence-corrected chi connectivity index (χ4v) is 2.48. The number of hydrogen-bond donors (Lipinski definition) is 0. The lowest BCUT2D eigenvalue weighted by Gasteiger charge is -2.16. The summed E-state index contributed by atoms with van der Waals surface area (Å²) in [5, 5.41) is 2.06. The molecule has 0 spiro atoms. The molecule has 1 nitrogen and oxygen atoms in total. The van der Waals surface area contributed by atoms with Crippen LogP contribution in [0.15, 0.2) is 47.8 Å². The van der Waals surface area contributed by atoms with Gasteiger partial charge in [0, 0.05) is 17.2 Å². The highest BCUT2D eigenvalue weighted by Gasteiger charge is 2.13. The molecular weight excluding hydrogens is 240 g/mol. The normalized spacial score (nSPS) is 12.3. The Labute approximate surface area is 105 Å². The fourth-order valence-electron chi connectivity index (χ4n) is 1.50. The van der Waals surface area contributed by atoms with Gasteiger partial charge in [-0.1, -0.05) is 24.3 Å². The van der Waals surface area contributed by atoms with E-state index in [0.29, 0.717) is 5.88 Å².